The van der Waals surface area contributed by atoms with Crippen molar-refractivity contribution in [2.45, 2.75) is 13.8 Å². The van der Waals surface area contributed by atoms with E-state index >= 15 is 0 Å². The van der Waals surface area contributed by atoms with E-state index in [0.29, 0.717) is 23.3 Å². The fourth-order valence-electron chi connectivity index (χ4n) is 1.45. The quantitative estimate of drug-likeness (QED) is 0.884. The fourth-order valence-corrected chi connectivity index (χ4v) is 2.04. The molecule has 7 heteroatoms. The number of aryl methyl sites for hydroxylation is 1. The van der Waals surface area contributed by atoms with Gasteiger partial charge in [-0.05, 0) is 38.1 Å². The molecule has 0 radical (unpaired) electrons. The molecule has 1 heterocycles. The van der Waals surface area contributed by atoms with Crippen LogP contribution in [0.5, 0.6) is 11.5 Å². The van der Waals surface area contributed by atoms with E-state index in [1.807, 2.05) is 6.92 Å². The highest BCUT2D eigenvalue weighted by Crippen LogP contribution is 2.17. The van der Waals surface area contributed by atoms with Crippen LogP contribution in [0.15, 0.2) is 24.3 Å². The van der Waals surface area contributed by atoms with Gasteiger partial charge in [0.1, 0.15) is 17.3 Å². The molecule has 0 atom stereocenters. The molecular weight excluding hydrogens is 278 g/mol. The third-order valence-electron chi connectivity index (χ3n) is 2.28. The van der Waals surface area contributed by atoms with Crippen molar-refractivity contribution in [3.63, 3.8) is 0 Å². The van der Waals surface area contributed by atoms with Gasteiger partial charge in [0.15, 0.2) is 6.61 Å². The number of hydrogen-bond donors (Lipinski definition) is 1. The number of carbonyl (C=O) groups excluding carboxylic acids is 1. The molecule has 0 saturated carbocycles. The SMILES string of the molecule is CCOc1ccc(OCC(=O)Nc2nc(C)ns2)cc1. The van der Waals surface area contributed by atoms with Crippen LogP contribution in [0.1, 0.15) is 12.7 Å². The molecule has 0 fully saturated rings. The molecule has 0 aliphatic carbocycles. The number of nitrogens with zero attached hydrogens (tertiary/aromatic N) is 2. The van der Waals surface area contributed by atoms with E-state index in [2.05, 4.69) is 14.7 Å². The summed E-state index contributed by atoms with van der Waals surface area (Å²) in [7, 11) is 0. The molecule has 1 aromatic heterocycles. The molecule has 20 heavy (non-hydrogen) atoms. The van der Waals surface area contributed by atoms with Crippen molar-refractivity contribution >= 4 is 22.6 Å². The number of ether oxygens (including phenoxy) is 2. The summed E-state index contributed by atoms with van der Waals surface area (Å²) in [5.41, 5.74) is 0. The number of nitrogens with one attached hydrogen (secondary N) is 1. The van der Waals surface area contributed by atoms with Crippen LogP contribution in [0.2, 0.25) is 0 Å². The lowest BCUT2D eigenvalue weighted by Crippen LogP contribution is -2.20. The average Bonchev–Trinajstić information content (AvgIpc) is 2.84. The van der Waals surface area contributed by atoms with Crippen molar-refractivity contribution < 1.29 is 14.3 Å². The maximum absolute atomic E-state index is 11.6. The van der Waals surface area contributed by atoms with Crippen LogP contribution in [0.3, 0.4) is 0 Å². The molecule has 106 valence electrons. The lowest BCUT2D eigenvalue weighted by Gasteiger charge is -2.07. The summed E-state index contributed by atoms with van der Waals surface area (Å²) < 4.78 is 14.7. The first-order valence-corrected chi connectivity index (χ1v) is 6.90. The second-order valence-corrected chi connectivity index (χ2v) is 4.64. The second kappa shape index (κ2) is 6.85. The number of anilines is 1. The zero-order valence-electron chi connectivity index (χ0n) is 11.3. The third kappa shape index (κ3) is 4.20. The Morgan fingerprint density at radius 3 is 2.45 bits per heavy atom. The highest BCUT2D eigenvalue weighted by atomic mass is 32.1. The Hall–Kier alpha value is -2.15. The Kier molecular flexibility index (Phi) is 4.89. The van der Waals surface area contributed by atoms with E-state index in [1.54, 1.807) is 31.2 Å². The van der Waals surface area contributed by atoms with Gasteiger partial charge in [-0.1, -0.05) is 0 Å². The summed E-state index contributed by atoms with van der Waals surface area (Å²) in [6.07, 6.45) is 0. The molecule has 1 amide bonds. The van der Waals surface area contributed by atoms with E-state index in [9.17, 15) is 4.79 Å². The highest BCUT2D eigenvalue weighted by Gasteiger charge is 2.07. The number of amides is 1. The van der Waals surface area contributed by atoms with Gasteiger partial charge in [-0.3, -0.25) is 10.1 Å². The van der Waals surface area contributed by atoms with Crippen molar-refractivity contribution in [1.82, 2.24) is 9.36 Å². The minimum absolute atomic E-state index is 0.0768. The van der Waals surface area contributed by atoms with Gasteiger partial charge in [-0.15, -0.1) is 0 Å². The van der Waals surface area contributed by atoms with Gasteiger partial charge < -0.3 is 9.47 Å². The van der Waals surface area contributed by atoms with E-state index in [-0.39, 0.29) is 12.5 Å². The Labute approximate surface area is 120 Å². The number of benzene rings is 1. The van der Waals surface area contributed by atoms with Crippen LogP contribution in [-0.2, 0) is 4.79 Å². The highest BCUT2D eigenvalue weighted by molar-refractivity contribution is 7.09. The smallest absolute Gasteiger partial charge is 0.264 e. The van der Waals surface area contributed by atoms with E-state index < -0.39 is 0 Å². The molecule has 0 saturated heterocycles. The predicted octanol–water partition coefficient (Wildman–Crippen LogP) is 2.26. The first kappa shape index (κ1) is 14.3. The van der Waals surface area contributed by atoms with Crippen molar-refractivity contribution in [3.05, 3.63) is 30.1 Å². The Balaban J connectivity index is 1.80. The zero-order valence-corrected chi connectivity index (χ0v) is 12.1. The molecule has 2 rings (SSSR count). The first-order valence-electron chi connectivity index (χ1n) is 6.13. The Morgan fingerprint density at radius 1 is 1.25 bits per heavy atom. The zero-order chi connectivity index (χ0) is 14.4. The summed E-state index contributed by atoms with van der Waals surface area (Å²) in [6.45, 7) is 4.23. The second-order valence-electron chi connectivity index (χ2n) is 3.89. The number of aromatic nitrogens is 2. The van der Waals surface area contributed by atoms with Crippen molar-refractivity contribution in [3.8, 4) is 11.5 Å². The summed E-state index contributed by atoms with van der Waals surface area (Å²) in [6, 6.07) is 7.11. The van der Waals surface area contributed by atoms with E-state index in [0.717, 1.165) is 17.3 Å². The predicted molar refractivity (Wildman–Crippen MR) is 76.4 cm³/mol. The number of carbonyl (C=O) groups is 1. The van der Waals surface area contributed by atoms with Crippen LogP contribution in [0, 0.1) is 6.92 Å². The average molecular weight is 293 g/mol. The monoisotopic (exact) mass is 293 g/mol. The minimum atomic E-state index is -0.268. The molecule has 0 unspecified atom stereocenters. The molecule has 6 nitrogen and oxygen atoms in total. The van der Waals surface area contributed by atoms with Gasteiger partial charge >= 0.3 is 0 Å². The van der Waals surface area contributed by atoms with E-state index in [1.165, 1.54) is 0 Å². The Bertz CT molecular complexity index is 568. The van der Waals surface area contributed by atoms with Crippen molar-refractivity contribution in [2.75, 3.05) is 18.5 Å². The fraction of sp³-hybridized carbons (Fsp3) is 0.308. The van der Waals surface area contributed by atoms with E-state index in [4.69, 9.17) is 9.47 Å². The van der Waals surface area contributed by atoms with Crippen LogP contribution in [0.25, 0.3) is 0 Å². The third-order valence-corrected chi connectivity index (χ3v) is 3.00. The van der Waals surface area contributed by atoms with Gasteiger partial charge in [0.2, 0.25) is 5.13 Å². The van der Waals surface area contributed by atoms with Crippen LogP contribution in [0.4, 0.5) is 5.13 Å². The van der Waals surface area contributed by atoms with Crippen molar-refractivity contribution in [1.29, 1.82) is 0 Å². The molecule has 0 aliphatic heterocycles. The van der Waals surface area contributed by atoms with Crippen LogP contribution < -0.4 is 14.8 Å². The summed E-state index contributed by atoms with van der Waals surface area (Å²) in [4.78, 5) is 15.7. The van der Waals surface area contributed by atoms with Gasteiger partial charge in [0.05, 0.1) is 6.61 Å². The van der Waals surface area contributed by atoms with Crippen LogP contribution >= 0.6 is 11.5 Å². The number of hydrogen-bond acceptors (Lipinski definition) is 6. The molecule has 2 aromatic rings. The van der Waals surface area contributed by atoms with Gasteiger partial charge in [-0.25, -0.2) is 4.98 Å². The van der Waals surface area contributed by atoms with Gasteiger partial charge in [0, 0.05) is 11.5 Å². The Morgan fingerprint density at radius 2 is 1.90 bits per heavy atom. The minimum Gasteiger partial charge on any atom is -0.494 e. The standard InChI is InChI=1S/C13H15N3O3S/c1-3-18-10-4-6-11(7-5-10)19-8-12(17)15-13-14-9(2)16-20-13/h4-7H,3,8H2,1-2H3,(H,14,15,16,17). The van der Waals surface area contributed by atoms with Crippen LogP contribution in [-0.4, -0.2) is 28.5 Å². The summed E-state index contributed by atoms with van der Waals surface area (Å²) in [5.74, 6) is 1.75. The van der Waals surface area contributed by atoms with Gasteiger partial charge in [0.25, 0.3) is 5.91 Å². The van der Waals surface area contributed by atoms with Crippen molar-refractivity contribution in [2.24, 2.45) is 0 Å². The molecular formula is C13H15N3O3S. The summed E-state index contributed by atoms with van der Waals surface area (Å²) >= 11 is 1.14. The molecule has 1 aromatic carbocycles. The first-order chi connectivity index (χ1) is 9.67. The lowest BCUT2D eigenvalue weighted by atomic mass is 10.3. The molecule has 0 aliphatic rings. The molecule has 1 N–H and O–H groups in total. The lowest BCUT2D eigenvalue weighted by molar-refractivity contribution is -0.118. The largest absolute Gasteiger partial charge is 0.494 e. The maximum atomic E-state index is 11.6. The van der Waals surface area contributed by atoms with Gasteiger partial charge in [-0.2, -0.15) is 4.37 Å². The normalized spacial score (nSPS) is 10.1. The molecule has 0 spiro atoms. The molecule has 0 bridgehead atoms. The maximum Gasteiger partial charge on any atom is 0.264 e. The summed E-state index contributed by atoms with van der Waals surface area (Å²) in [5, 5.41) is 3.10. The topological polar surface area (TPSA) is 73.3 Å². The number of rotatable bonds is 6.